The zero-order valence-electron chi connectivity index (χ0n) is 13.3. The first-order valence-electron chi connectivity index (χ1n) is 7.07. The average Bonchev–Trinajstić information content (AvgIpc) is 2.64. The number of ether oxygens (including phenoxy) is 1. The molecule has 1 fully saturated rings. The van der Waals surface area contributed by atoms with Gasteiger partial charge in [0.2, 0.25) is 5.88 Å². The third-order valence-electron chi connectivity index (χ3n) is 4.09. The Morgan fingerprint density at radius 2 is 1.86 bits per heavy atom. The molecule has 0 spiro atoms. The van der Waals surface area contributed by atoms with E-state index in [1.807, 2.05) is 51.9 Å². The van der Waals surface area contributed by atoms with Gasteiger partial charge in [0.1, 0.15) is 0 Å². The molecule has 1 aliphatic rings. The van der Waals surface area contributed by atoms with Gasteiger partial charge in [-0.15, -0.1) is 0 Å². The van der Waals surface area contributed by atoms with E-state index in [-0.39, 0.29) is 18.3 Å². The van der Waals surface area contributed by atoms with Crippen molar-refractivity contribution in [2.75, 3.05) is 7.11 Å². The van der Waals surface area contributed by atoms with Crippen molar-refractivity contribution in [1.82, 2.24) is 4.98 Å². The van der Waals surface area contributed by atoms with Crippen LogP contribution in [0.25, 0.3) is 6.08 Å². The van der Waals surface area contributed by atoms with E-state index >= 15 is 0 Å². The lowest BCUT2D eigenvalue weighted by Crippen LogP contribution is -2.41. The summed E-state index contributed by atoms with van der Waals surface area (Å²) >= 11 is 0. The Balaban J connectivity index is 2.16. The largest absolute Gasteiger partial charge is 0.487 e. The number of nitrogens with zero attached hydrogens (tertiary/aromatic N) is 1. The van der Waals surface area contributed by atoms with Crippen molar-refractivity contribution in [2.45, 2.75) is 45.4 Å². The number of hydrogen-bond acceptors (Lipinski definition) is 5. The standard InChI is InChI=1S/C15H23BN2O3/c1-14(2)15(3,4)21-16(20-14)9-8-11-6-7-13(19-5)18-12(11)10-17/h6-9H,10,17H2,1-5H3/b9-8+. The van der Waals surface area contributed by atoms with E-state index in [4.69, 9.17) is 19.8 Å². The molecule has 1 saturated heterocycles. The topological polar surface area (TPSA) is 66.6 Å². The second kappa shape index (κ2) is 5.79. The fraction of sp³-hybridized carbons (Fsp3) is 0.533. The first-order chi connectivity index (χ1) is 9.79. The molecule has 0 amide bonds. The van der Waals surface area contributed by atoms with Crippen molar-refractivity contribution < 1.29 is 14.0 Å². The first kappa shape index (κ1) is 16.0. The van der Waals surface area contributed by atoms with Gasteiger partial charge in [-0.05, 0) is 39.3 Å². The Kier molecular flexibility index (Phi) is 4.42. The third-order valence-corrected chi connectivity index (χ3v) is 4.09. The Morgan fingerprint density at radius 3 is 2.38 bits per heavy atom. The highest BCUT2D eigenvalue weighted by Gasteiger charge is 2.49. The normalized spacial score (nSPS) is 20.2. The molecule has 1 aromatic rings. The van der Waals surface area contributed by atoms with Gasteiger partial charge in [0.05, 0.1) is 24.0 Å². The lowest BCUT2D eigenvalue weighted by atomic mass is 9.89. The highest BCUT2D eigenvalue weighted by Crippen LogP contribution is 2.37. The molecule has 2 heterocycles. The Hall–Kier alpha value is -1.37. The monoisotopic (exact) mass is 290 g/mol. The molecule has 0 saturated carbocycles. The summed E-state index contributed by atoms with van der Waals surface area (Å²) in [6, 6.07) is 3.73. The van der Waals surface area contributed by atoms with Crippen molar-refractivity contribution in [1.29, 1.82) is 0 Å². The van der Waals surface area contributed by atoms with E-state index in [0.29, 0.717) is 12.4 Å². The Bertz CT molecular complexity index is 528. The molecule has 114 valence electrons. The minimum atomic E-state index is -0.372. The molecule has 0 radical (unpaired) electrons. The van der Waals surface area contributed by atoms with Crippen LogP contribution < -0.4 is 10.5 Å². The second-order valence-corrected chi connectivity index (χ2v) is 6.08. The molecule has 0 aromatic carbocycles. The molecule has 0 unspecified atom stereocenters. The van der Waals surface area contributed by atoms with Crippen LogP contribution in [-0.2, 0) is 15.9 Å². The summed E-state index contributed by atoms with van der Waals surface area (Å²) in [4.78, 5) is 4.33. The molecular formula is C15H23BN2O3. The molecule has 2 N–H and O–H groups in total. The number of methoxy groups -OCH3 is 1. The molecule has 0 aliphatic carbocycles. The molecule has 0 bridgehead atoms. The maximum absolute atomic E-state index is 5.92. The number of rotatable bonds is 4. The summed E-state index contributed by atoms with van der Waals surface area (Å²) in [5.74, 6) is 2.45. The van der Waals surface area contributed by atoms with Crippen LogP contribution in [0.15, 0.2) is 18.1 Å². The zero-order chi connectivity index (χ0) is 15.7. The van der Waals surface area contributed by atoms with Gasteiger partial charge in [-0.1, -0.05) is 12.1 Å². The summed E-state index contributed by atoms with van der Waals surface area (Å²) in [6.45, 7) is 8.46. The first-order valence-corrected chi connectivity index (χ1v) is 7.07. The van der Waals surface area contributed by atoms with E-state index in [9.17, 15) is 0 Å². The minimum Gasteiger partial charge on any atom is -0.481 e. The van der Waals surface area contributed by atoms with Crippen molar-refractivity contribution in [3.8, 4) is 5.88 Å². The predicted molar refractivity (Wildman–Crippen MR) is 83.8 cm³/mol. The minimum absolute atomic E-state index is 0.336. The number of nitrogens with two attached hydrogens (primary N) is 1. The van der Waals surface area contributed by atoms with Crippen LogP contribution in [0.1, 0.15) is 39.0 Å². The van der Waals surface area contributed by atoms with Crippen LogP contribution in [0, 0.1) is 0 Å². The summed E-state index contributed by atoms with van der Waals surface area (Å²) in [5, 5.41) is 0. The Morgan fingerprint density at radius 1 is 1.24 bits per heavy atom. The summed E-state index contributed by atoms with van der Waals surface area (Å²) in [5.41, 5.74) is 6.77. The van der Waals surface area contributed by atoms with Crippen molar-refractivity contribution in [3.63, 3.8) is 0 Å². The van der Waals surface area contributed by atoms with Gasteiger partial charge in [0.15, 0.2) is 0 Å². The quantitative estimate of drug-likeness (QED) is 0.861. The van der Waals surface area contributed by atoms with Crippen LogP contribution in [0.5, 0.6) is 5.88 Å². The van der Waals surface area contributed by atoms with E-state index < -0.39 is 0 Å². The third kappa shape index (κ3) is 3.28. The SMILES string of the molecule is COc1ccc(/C=C/B2OC(C)(C)C(C)(C)O2)c(CN)n1. The maximum Gasteiger partial charge on any atom is 0.487 e. The van der Waals surface area contributed by atoms with E-state index in [2.05, 4.69) is 4.98 Å². The van der Waals surface area contributed by atoms with Crippen molar-refractivity contribution in [2.24, 2.45) is 5.73 Å². The molecule has 1 aromatic heterocycles. The fourth-order valence-electron chi connectivity index (χ4n) is 2.07. The average molecular weight is 290 g/mol. The van der Waals surface area contributed by atoms with Gasteiger partial charge < -0.3 is 19.8 Å². The highest BCUT2D eigenvalue weighted by atomic mass is 16.7. The van der Waals surface area contributed by atoms with Crippen LogP contribution in [0.4, 0.5) is 0 Å². The van der Waals surface area contributed by atoms with Crippen LogP contribution in [-0.4, -0.2) is 30.4 Å². The van der Waals surface area contributed by atoms with Gasteiger partial charge in [-0.25, -0.2) is 4.98 Å². The van der Waals surface area contributed by atoms with E-state index in [1.54, 1.807) is 7.11 Å². The molecule has 21 heavy (non-hydrogen) atoms. The zero-order valence-corrected chi connectivity index (χ0v) is 13.3. The van der Waals surface area contributed by atoms with Crippen LogP contribution >= 0.6 is 0 Å². The summed E-state index contributed by atoms with van der Waals surface area (Å²) < 4.78 is 16.9. The van der Waals surface area contributed by atoms with Crippen molar-refractivity contribution in [3.05, 3.63) is 29.4 Å². The van der Waals surface area contributed by atoms with Crippen molar-refractivity contribution >= 4 is 13.2 Å². The van der Waals surface area contributed by atoms with E-state index in [0.717, 1.165) is 11.3 Å². The highest BCUT2D eigenvalue weighted by molar-refractivity contribution is 6.52. The summed E-state index contributed by atoms with van der Waals surface area (Å²) in [6.07, 6.45) is 1.93. The molecule has 6 heteroatoms. The fourth-order valence-corrected chi connectivity index (χ4v) is 2.07. The molecule has 0 atom stereocenters. The van der Waals surface area contributed by atoms with Crippen LogP contribution in [0.3, 0.4) is 0 Å². The smallest absolute Gasteiger partial charge is 0.481 e. The van der Waals surface area contributed by atoms with Gasteiger partial charge in [0.25, 0.3) is 0 Å². The predicted octanol–water partition coefficient (Wildman–Crippen LogP) is 2.19. The van der Waals surface area contributed by atoms with Crippen LogP contribution in [0.2, 0.25) is 0 Å². The lowest BCUT2D eigenvalue weighted by molar-refractivity contribution is 0.00578. The van der Waals surface area contributed by atoms with Gasteiger partial charge in [-0.2, -0.15) is 0 Å². The lowest BCUT2D eigenvalue weighted by Gasteiger charge is -2.32. The number of aromatic nitrogens is 1. The summed E-state index contributed by atoms with van der Waals surface area (Å²) in [7, 11) is 1.21. The molecule has 2 rings (SSSR count). The second-order valence-electron chi connectivity index (χ2n) is 6.08. The number of hydrogen-bond donors (Lipinski definition) is 1. The molecule has 5 nitrogen and oxygen atoms in total. The number of pyridine rings is 1. The maximum atomic E-state index is 5.92. The van der Waals surface area contributed by atoms with E-state index in [1.165, 1.54) is 0 Å². The van der Waals surface area contributed by atoms with Gasteiger partial charge >= 0.3 is 7.12 Å². The van der Waals surface area contributed by atoms with Gasteiger partial charge in [0, 0.05) is 12.6 Å². The van der Waals surface area contributed by atoms with Gasteiger partial charge in [-0.3, -0.25) is 0 Å². The molecule has 1 aliphatic heterocycles. The molecular weight excluding hydrogens is 267 g/mol. The Labute approximate surface area is 126 Å².